The number of pyridine rings is 1. The average molecular weight is 401 g/mol. The molecule has 7 nitrogen and oxygen atoms in total. The van der Waals surface area contributed by atoms with Crippen LogP contribution in [0.4, 0.5) is 5.82 Å². The summed E-state index contributed by atoms with van der Waals surface area (Å²) in [5.41, 5.74) is 1.59. The minimum absolute atomic E-state index is 0.127. The molecular weight excluding hydrogens is 377 g/mol. The van der Waals surface area contributed by atoms with Gasteiger partial charge >= 0.3 is 7.60 Å². The van der Waals surface area contributed by atoms with Crippen molar-refractivity contribution in [2.45, 2.75) is 46.1 Å². The van der Waals surface area contributed by atoms with E-state index in [0.717, 1.165) is 5.56 Å². The maximum absolute atomic E-state index is 13.0. The number of nitriles is 1. The van der Waals surface area contributed by atoms with E-state index in [1.165, 1.54) is 6.20 Å². The first-order chi connectivity index (χ1) is 13.2. The van der Waals surface area contributed by atoms with Crippen molar-refractivity contribution in [1.29, 1.82) is 5.26 Å². The van der Waals surface area contributed by atoms with Gasteiger partial charge in [0, 0.05) is 11.8 Å². The van der Waals surface area contributed by atoms with Crippen LogP contribution in [0.2, 0.25) is 0 Å². The molecule has 1 aromatic heterocycles. The summed E-state index contributed by atoms with van der Waals surface area (Å²) in [6, 6.07) is 11.8. The van der Waals surface area contributed by atoms with Crippen molar-refractivity contribution in [1.82, 2.24) is 4.98 Å². The van der Waals surface area contributed by atoms with Crippen LogP contribution in [0, 0.1) is 11.3 Å². The number of anilines is 1. The second kappa shape index (κ2) is 9.61. The van der Waals surface area contributed by atoms with Crippen LogP contribution < -0.4 is 5.32 Å². The topological polar surface area (TPSA) is 101 Å². The molecule has 2 rings (SSSR count). The van der Waals surface area contributed by atoms with E-state index in [0.29, 0.717) is 16.9 Å². The SMILES string of the molecule is CC(C)OP(=O)(Cc1ccc(C(=O)Nc2ccc(C#N)cn2)cc1)OC(C)C. The largest absolute Gasteiger partial charge is 0.335 e. The fourth-order valence-electron chi connectivity index (χ4n) is 2.45. The Balaban J connectivity index is 2.07. The van der Waals surface area contributed by atoms with Crippen LogP contribution in [0.25, 0.3) is 0 Å². The molecule has 0 aliphatic carbocycles. The first-order valence-electron chi connectivity index (χ1n) is 8.93. The summed E-state index contributed by atoms with van der Waals surface area (Å²) in [5, 5.41) is 11.4. The molecule has 0 bridgehead atoms. The Bertz CT molecular complexity index is 873. The van der Waals surface area contributed by atoms with Gasteiger partial charge in [-0.2, -0.15) is 5.26 Å². The molecule has 0 aliphatic rings. The zero-order valence-electron chi connectivity index (χ0n) is 16.4. The monoisotopic (exact) mass is 401 g/mol. The zero-order valence-corrected chi connectivity index (χ0v) is 17.3. The van der Waals surface area contributed by atoms with E-state index in [1.54, 1.807) is 64.1 Å². The Kier molecular flexibility index (Phi) is 7.47. The van der Waals surface area contributed by atoms with Crippen LogP contribution in [-0.2, 0) is 19.8 Å². The molecule has 0 fully saturated rings. The number of benzene rings is 1. The molecule has 2 aromatic rings. The number of hydrogen-bond acceptors (Lipinski definition) is 6. The second-order valence-corrected chi connectivity index (χ2v) is 8.73. The molecule has 1 heterocycles. The molecule has 0 aliphatic heterocycles. The number of carbonyl (C=O) groups is 1. The molecular formula is C20H24N3O4P. The first kappa shape index (κ1) is 21.8. The molecule has 28 heavy (non-hydrogen) atoms. The van der Waals surface area contributed by atoms with E-state index in [2.05, 4.69) is 10.3 Å². The quantitative estimate of drug-likeness (QED) is 0.641. The van der Waals surface area contributed by atoms with Crippen molar-refractivity contribution in [3.63, 3.8) is 0 Å². The van der Waals surface area contributed by atoms with Gasteiger partial charge in [0.15, 0.2) is 0 Å². The first-order valence-corrected chi connectivity index (χ1v) is 10.7. The molecule has 0 unspecified atom stereocenters. The highest BCUT2D eigenvalue weighted by molar-refractivity contribution is 7.53. The Morgan fingerprint density at radius 1 is 1.11 bits per heavy atom. The number of carbonyl (C=O) groups excluding carboxylic acids is 1. The van der Waals surface area contributed by atoms with Crippen molar-refractivity contribution in [3.8, 4) is 6.07 Å². The third-order valence-electron chi connectivity index (χ3n) is 3.47. The van der Waals surface area contributed by atoms with Crippen molar-refractivity contribution in [2.75, 3.05) is 5.32 Å². The van der Waals surface area contributed by atoms with Crippen LogP contribution in [-0.4, -0.2) is 23.1 Å². The lowest BCUT2D eigenvalue weighted by atomic mass is 10.1. The van der Waals surface area contributed by atoms with Crippen LogP contribution in [0.1, 0.15) is 49.2 Å². The molecule has 1 amide bonds. The van der Waals surface area contributed by atoms with E-state index in [-0.39, 0.29) is 24.3 Å². The predicted molar refractivity (Wildman–Crippen MR) is 107 cm³/mol. The molecule has 0 saturated heterocycles. The zero-order chi connectivity index (χ0) is 20.7. The van der Waals surface area contributed by atoms with Gasteiger partial charge < -0.3 is 14.4 Å². The maximum atomic E-state index is 13.0. The average Bonchev–Trinajstić information content (AvgIpc) is 2.61. The summed E-state index contributed by atoms with van der Waals surface area (Å²) in [7, 11) is -3.29. The van der Waals surface area contributed by atoms with Gasteiger partial charge in [-0.1, -0.05) is 12.1 Å². The Morgan fingerprint density at radius 3 is 2.18 bits per heavy atom. The van der Waals surface area contributed by atoms with Gasteiger partial charge in [-0.3, -0.25) is 9.36 Å². The molecule has 0 radical (unpaired) electrons. The standard InChI is InChI=1S/C20H24N3O4P/c1-14(2)26-28(25,27-15(3)4)13-16-5-8-18(9-6-16)20(24)23-19-10-7-17(11-21)12-22-19/h5-10,12,14-15H,13H2,1-4H3,(H,22,23,24). The highest BCUT2D eigenvalue weighted by atomic mass is 31.2. The summed E-state index contributed by atoms with van der Waals surface area (Å²) in [5.74, 6) is 0.0250. The Hall–Kier alpha value is -2.52. The van der Waals surface area contributed by atoms with E-state index < -0.39 is 7.60 Å². The van der Waals surface area contributed by atoms with Gasteiger partial charge in [-0.05, 0) is 57.5 Å². The molecule has 1 aromatic carbocycles. The fourth-order valence-corrected chi connectivity index (χ4v) is 4.59. The predicted octanol–water partition coefficient (Wildman–Crippen LogP) is 4.75. The maximum Gasteiger partial charge on any atom is 0.335 e. The van der Waals surface area contributed by atoms with Gasteiger partial charge in [0.1, 0.15) is 11.9 Å². The second-order valence-electron chi connectivity index (χ2n) is 6.77. The van der Waals surface area contributed by atoms with Crippen molar-refractivity contribution in [2.24, 2.45) is 0 Å². The van der Waals surface area contributed by atoms with E-state index in [4.69, 9.17) is 14.3 Å². The molecule has 8 heteroatoms. The highest BCUT2D eigenvalue weighted by Crippen LogP contribution is 2.53. The molecule has 0 atom stereocenters. The van der Waals surface area contributed by atoms with Gasteiger partial charge in [0.25, 0.3) is 5.91 Å². The van der Waals surface area contributed by atoms with Crippen LogP contribution in [0.15, 0.2) is 42.6 Å². The number of nitrogens with zero attached hydrogens (tertiary/aromatic N) is 2. The lowest BCUT2D eigenvalue weighted by molar-refractivity contribution is 0.102. The Labute approximate surface area is 165 Å². The van der Waals surface area contributed by atoms with Crippen LogP contribution in [0.5, 0.6) is 0 Å². The molecule has 0 saturated carbocycles. The lowest BCUT2D eigenvalue weighted by Crippen LogP contribution is -2.13. The number of rotatable bonds is 8. The number of amides is 1. The summed E-state index contributed by atoms with van der Waals surface area (Å²) in [4.78, 5) is 16.3. The van der Waals surface area contributed by atoms with Gasteiger partial charge in [-0.15, -0.1) is 0 Å². The number of hydrogen-bond donors (Lipinski definition) is 1. The normalized spacial score (nSPS) is 11.5. The van der Waals surface area contributed by atoms with Gasteiger partial charge in [0.2, 0.25) is 0 Å². The third kappa shape index (κ3) is 6.58. The number of aromatic nitrogens is 1. The summed E-state index contributed by atoms with van der Waals surface area (Å²) in [6.07, 6.45) is 1.06. The van der Waals surface area contributed by atoms with Crippen molar-refractivity contribution >= 4 is 19.3 Å². The fraction of sp³-hybridized carbons (Fsp3) is 0.350. The highest BCUT2D eigenvalue weighted by Gasteiger charge is 2.28. The van der Waals surface area contributed by atoms with Crippen LogP contribution >= 0.6 is 7.60 Å². The minimum Gasteiger partial charge on any atom is -0.307 e. The molecule has 0 spiro atoms. The van der Waals surface area contributed by atoms with Crippen molar-refractivity contribution < 1.29 is 18.4 Å². The Morgan fingerprint density at radius 2 is 1.71 bits per heavy atom. The third-order valence-corrected chi connectivity index (χ3v) is 5.71. The number of nitrogens with one attached hydrogen (secondary N) is 1. The molecule has 1 N–H and O–H groups in total. The summed E-state index contributed by atoms with van der Waals surface area (Å²) in [6.45, 7) is 7.23. The van der Waals surface area contributed by atoms with E-state index in [9.17, 15) is 9.36 Å². The van der Waals surface area contributed by atoms with Crippen molar-refractivity contribution in [3.05, 3.63) is 59.3 Å². The smallest absolute Gasteiger partial charge is 0.307 e. The van der Waals surface area contributed by atoms with E-state index >= 15 is 0 Å². The van der Waals surface area contributed by atoms with Gasteiger partial charge in [0.05, 0.1) is 23.9 Å². The summed E-state index contributed by atoms with van der Waals surface area (Å²) < 4.78 is 24.1. The summed E-state index contributed by atoms with van der Waals surface area (Å²) >= 11 is 0. The van der Waals surface area contributed by atoms with Crippen LogP contribution in [0.3, 0.4) is 0 Å². The van der Waals surface area contributed by atoms with Gasteiger partial charge in [-0.25, -0.2) is 4.98 Å². The minimum atomic E-state index is -3.29. The van der Waals surface area contributed by atoms with E-state index in [1.807, 2.05) is 6.07 Å². The lowest BCUT2D eigenvalue weighted by Gasteiger charge is -2.22. The molecule has 148 valence electrons.